The predicted octanol–water partition coefficient (Wildman–Crippen LogP) is 3.40. The van der Waals surface area contributed by atoms with Crippen molar-refractivity contribution in [1.82, 2.24) is 9.99 Å². The second-order valence-corrected chi connectivity index (χ2v) is 4.96. The SMILES string of the molecule is Cc1ccc(CCN(N=O)C2=CCC(C)C=C2)cn1. The maximum absolute atomic E-state index is 10.9. The van der Waals surface area contributed by atoms with Gasteiger partial charge in [-0.15, -0.1) is 4.91 Å². The topological polar surface area (TPSA) is 45.6 Å². The van der Waals surface area contributed by atoms with Gasteiger partial charge >= 0.3 is 0 Å². The van der Waals surface area contributed by atoms with Gasteiger partial charge in [0.2, 0.25) is 0 Å². The Labute approximate surface area is 113 Å². The lowest BCUT2D eigenvalue weighted by Crippen LogP contribution is -2.19. The van der Waals surface area contributed by atoms with Crippen LogP contribution in [0.3, 0.4) is 0 Å². The zero-order valence-corrected chi connectivity index (χ0v) is 11.4. The minimum atomic E-state index is 0.540. The number of hydrogen-bond donors (Lipinski definition) is 0. The maximum Gasteiger partial charge on any atom is 0.0583 e. The van der Waals surface area contributed by atoms with E-state index in [-0.39, 0.29) is 0 Å². The molecule has 0 bridgehead atoms. The molecule has 1 aliphatic carbocycles. The first-order valence-corrected chi connectivity index (χ1v) is 6.59. The third kappa shape index (κ3) is 3.74. The van der Waals surface area contributed by atoms with Gasteiger partial charge < -0.3 is 0 Å². The lowest BCUT2D eigenvalue weighted by atomic mass is 10.0. The Balaban J connectivity index is 1.95. The maximum atomic E-state index is 10.9. The second kappa shape index (κ2) is 6.27. The Morgan fingerprint density at radius 3 is 2.89 bits per heavy atom. The predicted molar refractivity (Wildman–Crippen MR) is 76.2 cm³/mol. The first-order valence-electron chi connectivity index (χ1n) is 6.59. The summed E-state index contributed by atoms with van der Waals surface area (Å²) in [5.74, 6) is 0.540. The molecular formula is C15H19N3O. The first-order chi connectivity index (χ1) is 9.19. The van der Waals surface area contributed by atoms with Crippen LogP contribution in [0.5, 0.6) is 0 Å². The Hall–Kier alpha value is -1.97. The Morgan fingerprint density at radius 1 is 1.47 bits per heavy atom. The molecule has 0 radical (unpaired) electrons. The van der Waals surface area contributed by atoms with Gasteiger partial charge in [-0.2, -0.15) is 0 Å². The highest BCUT2D eigenvalue weighted by molar-refractivity contribution is 5.22. The quantitative estimate of drug-likeness (QED) is 0.600. The lowest BCUT2D eigenvalue weighted by molar-refractivity contribution is 0.369. The molecular weight excluding hydrogens is 238 g/mol. The van der Waals surface area contributed by atoms with E-state index < -0.39 is 0 Å². The van der Waals surface area contributed by atoms with Crippen LogP contribution in [0.2, 0.25) is 0 Å². The molecule has 100 valence electrons. The summed E-state index contributed by atoms with van der Waals surface area (Å²) in [5, 5.41) is 4.63. The minimum Gasteiger partial charge on any atom is -0.261 e. The number of nitroso groups, excluding NO2 is 1. The van der Waals surface area contributed by atoms with Crippen molar-refractivity contribution in [2.45, 2.75) is 26.7 Å². The van der Waals surface area contributed by atoms with Crippen LogP contribution in [-0.2, 0) is 6.42 Å². The van der Waals surface area contributed by atoms with Crippen molar-refractivity contribution in [3.05, 3.63) is 58.4 Å². The van der Waals surface area contributed by atoms with E-state index in [9.17, 15) is 4.91 Å². The van der Waals surface area contributed by atoms with Crippen molar-refractivity contribution in [2.24, 2.45) is 11.2 Å². The van der Waals surface area contributed by atoms with Gasteiger partial charge in [0.15, 0.2) is 0 Å². The number of rotatable bonds is 5. The van der Waals surface area contributed by atoms with E-state index in [0.29, 0.717) is 12.5 Å². The van der Waals surface area contributed by atoms with Crippen LogP contribution in [-0.4, -0.2) is 16.5 Å². The molecule has 0 aliphatic heterocycles. The summed E-state index contributed by atoms with van der Waals surface area (Å²) in [6, 6.07) is 4.02. The molecule has 1 aromatic rings. The van der Waals surface area contributed by atoms with Gasteiger partial charge in [0, 0.05) is 18.4 Å². The largest absolute Gasteiger partial charge is 0.261 e. The standard InChI is InChI=1S/C15H19N3O/c1-12-3-7-15(8-4-12)18(17-19)10-9-14-6-5-13(2)16-11-14/h3,5-8,11-12H,4,9-10H2,1-2H3. The Bertz CT molecular complexity index is 491. The van der Waals surface area contributed by atoms with Crippen molar-refractivity contribution < 1.29 is 0 Å². The van der Waals surface area contributed by atoms with E-state index in [2.05, 4.69) is 29.3 Å². The van der Waals surface area contributed by atoms with Crippen molar-refractivity contribution >= 4 is 0 Å². The summed E-state index contributed by atoms with van der Waals surface area (Å²) in [4.78, 5) is 15.2. The zero-order valence-electron chi connectivity index (χ0n) is 11.4. The van der Waals surface area contributed by atoms with Crippen LogP contribution in [0, 0.1) is 17.7 Å². The van der Waals surface area contributed by atoms with Crippen molar-refractivity contribution in [2.75, 3.05) is 6.54 Å². The number of hydrogen-bond acceptors (Lipinski definition) is 3. The summed E-state index contributed by atoms with van der Waals surface area (Å²) in [5.41, 5.74) is 3.02. The molecule has 19 heavy (non-hydrogen) atoms. The molecule has 1 heterocycles. The molecule has 0 saturated carbocycles. The molecule has 0 aromatic carbocycles. The van der Waals surface area contributed by atoms with E-state index in [1.807, 2.05) is 31.3 Å². The van der Waals surface area contributed by atoms with Crippen LogP contribution < -0.4 is 0 Å². The van der Waals surface area contributed by atoms with E-state index in [4.69, 9.17) is 0 Å². The number of nitrogens with zero attached hydrogens (tertiary/aromatic N) is 3. The van der Waals surface area contributed by atoms with Crippen LogP contribution in [0.1, 0.15) is 24.6 Å². The average molecular weight is 257 g/mol. The molecule has 0 saturated heterocycles. The molecule has 1 unspecified atom stereocenters. The average Bonchev–Trinajstić information content (AvgIpc) is 2.43. The number of aromatic nitrogens is 1. The highest BCUT2D eigenvalue weighted by Gasteiger charge is 2.11. The molecule has 0 amide bonds. The smallest absolute Gasteiger partial charge is 0.0583 e. The zero-order chi connectivity index (χ0) is 13.7. The Kier molecular flexibility index (Phi) is 4.44. The third-order valence-corrected chi connectivity index (χ3v) is 3.28. The van der Waals surface area contributed by atoms with E-state index in [1.165, 1.54) is 5.01 Å². The molecule has 1 aliphatic rings. The summed E-state index contributed by atoms with van der Waals surface area (Å²) >= 11 is 0. The van der Waals surface area contributed by atoms with E-state index in [1.54, 1.807) is 0 Å². The van der Waals surface area contributed by atoms with E-state index in [0.717, 1.165) is 29.8 Å². The van der Waals surface area contributed by atoms with Gasteiger partial charge in [-0.3, -0.25) is 4.98 Å². The summed E-state index contributed by atoms with van der Waals surface area (Å²) in [7, 11) is 0. The van der Waals surface area contributed by atoms with Crippen LogP contribution >= 0.6 is 0 Å². The Morgan fingerprint density at radius 2 is 2.32 bits per heavy atom. The molecule has 0 fully saturated rings. The highest BCUT2D eigenvalue weighted by Crippen LogP contribution is 2.19. The summed E-state index contributed by atoms with van der Waals surface area (Å²) in [6.07, 6.45) is 9.73. The molecule has 0 spiro atoms. The van der Waals surface area contributed by atoms with Crippen LogP contribution in [0.15, 0.2) is 47.5 Å². The lowest BCUT2D eigenvalue weighted by Gasteiger charge is -2.20. The van der Waals surface area contributed by atoms with E-state index >= 15 is 0 Å². The fourth-order valence-electron chi connectivity index (χ4n) is 2.01. The second-order valence-electron chi connectivity index (χ2n) is 4.96. The van der Waals surface area contributed by atoms with Crippen LogP contribution in [0.4, 0.5) is 0 Å². The minimum absolute atomic E-state index is 0.540. The van der Waals surface area contributed by atoms with Gasteiger partial charge in [0.1, 0.15) is 0 Å². The van der Waals surface area contributed by atoms with Gasteiger partial charge in [-0.25, -0.2) is 5.01 Å². The number of aryl methyl sites for hydroxylation is 1. The van der Waals surface area contributed by atoms with Crippen molar-refractivity contribution in [3.63, 3.8) is 0 Å². The molecule has 4 heteroatoms. The molecule has 0 N–H and O–H groups in total. The monoisotopic (exact) mass is 257 g/mol. The fourth-order valence-corrected chi connectivity index (χ4v) is 2.01. The van der Waals surface area contributed by atoms with Crippen molar-refractivity contribution in [1.29, 1.82) is 0 Å². The number of allylic oxidation sites excluding steroid dienone is 3. The summed E-state index contributed by atoms with van der Waals surface area (Å²) in [6.45, 7) is 4.70. The first kappa shape index (κ1) is 13.5. The molecule has 1 aromatic heterocycles. The van der Waals surface area contributed by atoms with Gasteiger partial charge in [-0.1, -0.05) is 25.1 Å². The normalized spacial score (nSPS) is 18.0. The highest BCUT2D eigenvalue weighted by atomic mass is 16.3. The van der Waals surface area contributed by atoms with Gasteiger partial charge in [0.05, 0.1) is 11.0 Å². The molecule has 2 rings (SSSR count). The molecule has 4 nitrogen and oxygen atoms in total. The van der Waals surface area contributed by atoms with Crippen LogP contribution in [0.25, 0.3) is 0 Å². The number of pyridine rings is 1. The van der Waals surface area contributed by atoms with Gasteiger partial charge in [0.25, 0.3) is 0 Å². The fraction of sp³-hybridized carbons (Fsp3) is 0.400. The van der Waals surface area contributed by atoms with Crippen molar-refractivity contribution in [3.8, 4) is 0 Å². The molecule has 1 atom stereocenters. The third-order valence-electron chi connectivity index (χ3n) is 3.28. The van der Waals surface area contributed by atoms with Gasteiger partial charge in [-0.05, 0) is 43.4 Å². The summed E-state index contributed by atoms with van der Waals surface area (Å²) < 4.78 is 0.